The molecule has 0 radical (unpaired) electrons. The van der Waals surface area contributed by atoms with E-state index in [-0.39, 0.29) is 11.4 Å². The molecule has 1 fully saturated rings. The zero-order valence-corrected chi connectivity index (χ0v) is 9.79. The predicted octanol–water partition coefficient (Wildman–Crippen LogP) is -0.114. The summed E-state index contributed by atoms with van der Waals surface area (Å²) in [6.07, 6.45) is 0. The lowest BCUT2D eigenvalue weighted by Crippen LogP contribution is -2.76. The van der Waals surface area contributed by atoms with Crippen LogP contribution >= 0.6 is 0 Å². The van der Waals surface area contributed by atoms with Gasteiger partial charge < -0.3 is 5.73 Å². The molecule has 1 heterocycles. The number of hydrogen-bond acceptors (Lipinski definition) is 3. The van der Waals surface area contributed by atoms with E-state index in [2.05, 4.69) is 25.7 Å². The summed E-state index contributed by atoms with van der Waals surface area (Å²) in [7, 11) is 3.82. The highest BCUT2D eigenvalue weighted by molar-refractivity contribution is 5.86. The van der Waals surface area contributed by atoms with Crippen LogP contribution in [-0.4, -0.2) is 54.0 Å². The molecule has 1 saturated heterocycles. The van der Waals surface area contributed by atoms with Gasteiger partial charge in [0, 0.05) is 18.6 Å². The maximum absolute atomic E-state index is 11.4. The van der Waals surface area contributed by atoms with Crippen LogP contribution in [0, 0.1) is 0 Å². The number of carbonyl (C=O) groups is 1. The summed E-state index contributed by atoms with van der Waals surface area (Å²) in [6, 6.07) is 0. The predicted molar refractivity (Wildman–Crippen MR) is 56.9 cm³/mol. The number of primary amides is 1. The number of rotatable bonds is 2. The Morgan fingerprint density at radius 3 is 2.00 bits per heavy atom. The van der Waals surface area contributed by atoms with Gasteiger partial charge in [-0.05, 0) is 34.9 Å². The smallest absolute Gasteiger partial charge is 0.240 e. The van der Waals surface area contributed by atoms with Crippen molar-refractivity contribution < 1.29 is 4.79 Å². The second-order valence-corrected chi connectivity index (χ2v) is 5.32. The van der Waals surface area contributed by atoms with Crippen LogP contribution in [0.4, 0.5) is 0 Å². The third-order valence-electron chi connectivity index (χ3n) is 3.17. The molecule has 1 aliphatic rings. The summed E-state index contributed by atoms with van der Waals surface area (Å²) in [5.41, 5.74) is 5.10. The quantitative estimate of drug-likeness (QED) is 0.675. The van der Waals surface area contributed by atoms with E-state index in [1.54, 1.807) is 0 Å². The van der Waals surface area contributed by atoms with Crippen LogP contribution in [0.25, 0.3) is 0 Å². The first-order valence-electron chi connectivity index (χ1n) is 4.92. The molecule has 2 N–H and O–H groups in total. The number of nitrogens with two attached hydrogens (primary N) is 1. The van der Waals surface area contributed by atoms with Crippen molar-refractivity contribution in [3.63, 3.8) is 0 Å². The van der Waals surface area contributed by atoms with Crippen molar-refractivity contribution in [2.75, 3.05) is 27.2 Å². The standard InChI is InChI=1S/C10H21N3O/c1-9(2,3)13-6-10(7-13,8(11)14)12(4)5/h6-7H2,1-5H3,(H2,11,14). The molecule has 0 spiro atoms. The van der Waals surface area contributed by atoms with Gasteiger partial charge in [0.15, 0.2) is 0 Å². The average molecular weight is 199 g/mol. The van der Waals surface area contributed by atoms with E-state index in [1.165, 1.54) is 0 Å². The first-order chi connectivity index (χ1) is 6.20. The van der Waals surface area contributed by atoms with Gasteiger partial charge in [0.1, 0.15) is 5.54 Å². The summed E-state index contributed by atoms with van der Waals surface area (Å²) in [5, 5.41) is 0. The van der Waals surface area contributed by atoms with Gasteiger partial charge in [-0.1, -0.05) is 0 Å². The topological polar surface area (TPSA) is 49.6 Å². The molecule has 1 amide bonds. The van der Waals surface area contributed by atoms with Crippen LogP contribution in [0.5, 0.6) is 0 Å². The maximum Gasteiger partial charge on any atom is 0.240 e. The second-order valence-electron chi connectivity index (χ2n) is 5.32. The minimum atomic E-state index is -0.451. The molecule has 0 aromatic heterocycles. The Morgan fingerprint density at radius 1 is 1.36 bits per heavy atom. The van der Waals surface area contributed by atoms with E-state index in [0.717, 1.165) is 13.1 Å². The highest BCUT2D eigenvalue weighted by Gasteiger charge is 2.52. The molecule has 0 unspecified atom stereocenters. The monoisotopic (exact) mass is 199 g/mol. The van der Waals surface area contributed by atoms with Crippen LogP contribution in [0.1, 0.15) is 20.8 Å². The molecule has 0 aliphatic carbocycles. The lowest BCUT2D eigenvalue weighted by Gasteiger charge is -2.56. The SMILES string of the molecule is CN(C)C1(C(N)=O)CN(C(C)(C)C)C1. The lowest BCUT2D eigenvalue weighted by atomic mass is 9.83. The van der Waals surface area contributed by atoms with E-state index in [0.29, 0.717) is 0 Å². The van der Waals surface area contributed by atoms with Gasteiger partial charge in [-0.25, -0.2) is 0 Å². The van der Waals surface area contributed by atoms with Crippen LogP contribution in [0.2, 0.25) is 0 Å². The fraction of sp³-hybridized carbons (Fsp3) is 0.900. The lowest BCUT2D eigenvalue weighted by molar-refractivity contribution is -0.146. The van der Waals surface area contributed by atoms with Crippen LogP contribution in [0.3, 0.4) is 0 Å². The van der Waals surface area contributed by atoms with Crippen LogP contribution < -0.4 is 5.73 Å². The number of carbonyl (C=O) groups excluding carboxylic acids is 1. The molecule has 4 nitrogen and oxygen atoms in total. The third kappa shape index (κ3) is 1.64. The third-order valence-corrected chi connectivity index (χ3v) is 3.17. The minimum Gasteiger partial charge on any atom is -0.368 e. The molecule has 1 rings (SSSR count). The zero-order valence-electron chi connectivity index (χ0n) is 9.79. The maximum atomic E-state index is 11.4. The van der Waals surface area contributed by atoms with Gasteiger partial charge >= 0.3 is 0 Å². The number of amides is 1. The largest absolute Gasteiger partial charge is 0.368 e. The average Bonchev–Trinajstić information content (AvgIpc) is 1.77. The molecule has 14 heavy (non-hydrogen) atoms. The first-order valence-corrected chi connectivity index (χ1v) is 4.92. The van der Waals surface area contributed by atoms with Crippen molar-refractivity contribution in [2.24, 2.45) is 5.73 Å². The van der Waals surface area contributed by atoms with Crippen molar-refractivity contribution in [3.05, 3.63) is 0 Å². The normalized spacial score (nSPS) is 22.1. The highest BCUT2D eigenvalue weighted by Crippen LogP contribution is 2.31. The summed E-state index contributed by atoms with van der Waals surface area (Å²) in [6.45, 7) is 7.91. The molecule has 0 saturated carbocycles. The number of likely N-dealkylation sites (tertiary alicyclic amines) is 1. The fourth-order valence-electron chi connectivity index (χ4n) is 1.72. The molecule has 0 aromatic rings. The molecular formula is C10H21N3O. The summed E-state index contributed by atoms with van der Waals surface area (Å²) >= 11 is 0. The van der Waals surface area contributed by atoms with Gasteiger partial charge in [0.2, 0.25) is 5.91 Å². The summed E-state index contributed by atoms with van der Waals surface area (Å²) in [4.78, 5) is 15.6. The van der Waals surface area contributed by atoms with E-state index >= 15 is 0 Å². The number of likely N-dealkylation sites (N-methyl/N-ethyl adjacent to an activating group) is 1. The summed E-state index contributed by atoms with van der Waals surface area (Å²) in [5.74, 6) is -0.219. The van der Waals surface area contributed by atoms with Crippen LogP contribution in [-0.2, 0) is 4.79 Å². The van der Waals surface area contributed by atoms with Crippen molar-refractivity contribution in [1.82, 2.24) is 9.80 Å². The first kappa shape index (κ1) is 11.5. The van der Waals surface area contributed by atoms with E-state index in [1.807, 2.05) is 19.0 Å². The van der Waals surface area contributed by atoms with E-state index in [9.17, 15) is 4.79 Å². The zero-order chi connectivity index (χ0) is 11.1. The van der Waals surface area contributed by atoms with Crippen molar-refractivity contribution in [1.29, 1.82) is 0 Å². The van der Waals surface area contributed by atoms with Gasteiger partial charge in [-0.15, -0.1) is 0 Å². The molecule has 4 heteroatoms. The molecule has 82 valence electrons. The fourth-order valence-corrected chi connectivity index (χ4v) is 1.72. The minimum absolute atomic E-state index is 0.120. The van der Waals surface area contributed by atoms with Gasteiger partial charge in [0.05, 0.1) is 0 Å². The Labute approximate surface area is 86.0 Å². The molecule has 0 bridgehead atoms. The number of nitrogens with zero attached hydrogens (tertiary/aromatic N) is 2. The number of hydrogen-bond donors (Lipinski definition) is 1. The van der Waals surface area contributed by atoms with E-state index in [4.69, 9.17) is 5.73 Å². The Kier molecular flexibility index (Phi) is 2.63. The van der Waals surface area contributed by atoms with Crippen molar-refractivity contribution in [3.8, 4) is 0 Å². The Bertz CT molecular complexity index is 236. The van der Waals surface area contributed by atoms with Gasteiger partial charge in [-0.3, -0.25) is 14.6 Å². The molecule has 1 aliphatic heterocycles. The molecule has 0 atom stereocenters. The summed E-state index contributed by atoms with van der Waals surface area (Å²) < 4.78 is 0. The Morgan fingerprint density at radius 2 is 1.79 bits per heavy atom. The molecular weight excluding hydrogens is 178 g/mol. The van der Waals surface area contributed by atoms with E-state index < -0.39 is 5.54 Å². The van der Waals surface area contributed by atoms with Gasteiger partial charge in [-0.2, -0.15) is 0 Å². The molecule has 0 aromatic carbocycles. The van der Waals surface area contributed by atoms with Gasteiger partial charge in [0.25, 0.3) is 0 Å². The highest BCUT2D eigenvalue weighted by atomic mass is 16.2. The van der Waals surface area contributed by atoms with Crippen LogP contribution in [0.15, 0.2) is 0 Å². The van der Waals surface area contributed by atoms with Crippen molar-refractivity contribution >= 4 is 5.91 Å². The Hall–Kier alpha value is -0.610. The Balaban J connectivity index is 2.70. The van der Waals surface area contributed by atoms with Crippen molar-refractivity contribution in [2.45, 2.75) is 31.8 Å². The second kappa shape index (κ2) is 3.21.